The highest BCUT2D eigenvalue weighted by atomic mass is 19.3. The lowest BCUT2D eigenvalue weighted by molar-refractivity contribution is -0.124. The van der Waals surface area contributed by atoms with Gasteiger partial charge in [-0.2, -0.15) is 8.78 Å². The van der Waals surface area contributed by atoms with E-state index in [1.807, 2.05) is 0 Å². The number of nitrogens with zero attached hydrogens (tertiary/aromatic N) is 2. The van der Waals surface area contributed by atoms with E-state index in [4.69, 9.17) is 0 Å². The van der Waals surface area contributed by atoms with Crippen molar-refractivity contribution in [2.75, 3.05) is 0 Å². The third-order valence-corrected chi connectivity index (χ3v) is 2.97. The fourth-order valence-electron chi connectivity index (χ4n) is 1.76. The molecule has 1 aromatic carbocycles. The van der Waals surface area contributed by atoms with E-state index >= 15 is 0 Å². The van der Waals surface area contributed by atoms with E-state index in [2.05, 4.69) is 15.0 Å². The minimum absolute atomic E-state index is 0.0897. The number of hydrogen-bond donors (Lipinski definition) is 1. The summed E-state index contributed by atoms with van der Waals surface area (Å²) in [5.74, 6) is -0.0623. The van der Waals surface area contributed by atoms with Gasteiger partial charge in [0.15, 0.2) is 0 Å². The molecule has 5 nitrogen and oxygen atoms in total. The van der Waals surface area contributed by atoms with Crippen LogP contribution >= 0.6 is 0 Å². The van der Waals surface area contributed by atoms with Gasteiger partial charge in [0.2, 0.25) is 5.91 Å². The number of ether oxygens (including phenoxy) is 1. The van der Waals surface area contributed by atoms with Crippen molar-refractivity contribution in [3.8, 4) is 5.75 Å². The molecule has 21 heavy (non-hydrogen) atoms. The number of hydrogen-bond acceptors (Lipinski definition) is 3. The van der Waals surface area contributed by atoms with Crippen molar-refractivity contribution in [3.05, 3.63) is 48.5 Å². The second kappa shape index (κ2) is 6.83. The summed E-state index contributed by atoms with van der Waals surface area (Å²) in [4.78, 5) is 15.8. The van der Waals surface area contributed by atoms with E-state index in [0.29, 0.717) is 6.54 Å². The number of halogens is 2. The Bertz CT molecular complexity index is 570. The summed E-state index contributed by atoms with van der Waals surface area (Å²) in [6, 6.07) is 5.76. The van der Waals surface area contributed by atoms with Crippen LogP contribution in [0.4, 0.5) is 8.78 Å². The minimum Gasteiger partial charge on any atom is -0.435 e. The van der Waals surface area contributed by atoms with Gasteiger partial charge in [-0.25, -0.2) is 4.98 Å². The molecule has 1 heterocycles. The van der Waals surface area contributed by atoms with Crippen LogP contribution in [0.1, 0.15) is 18.5 Å². The Morgan fingerprint density at radius 3 is 2.67 bits per heavy atom. The number of carbonyl (C=O) groups is 1. The quantitative estimate of drug-likeness (QED) is 0.890. The average molecular weight is 295 g/mol. The Kier molecular flexibility index (Phi) is 4.86. The Morgan fingerprint density at radius 1 is 1.38 bits per heavy atom. The first-order valence-corrected chi connectivity index (χ1v) is 6.35. The minimum atomic E-state index is -2.84. The highest BCUT2D eigenvalue weighted by Crippen LogP contribution is 2.15. The summed E-state index contributed by atoms with van der Waals surface area (Å²) in [6.45, 7) is -0.768. The van der Waals surface area contributed by atoms with Crippen LogP contribution in [0.25, 0.3) is 0 Å². The van der Waals surface area contributed by atoms with Crippen molar-refractivity contribution in [1.29, 1.82) is 0 Å². The third-order valence-electron chi connectivity index (χ3n) is 2.97. The predicted octanol–water partition coefficient (Wildman–Crippen LogP) is 2.36. The van der Waals surface area contributed by atoms with Crippen molar-refractivity contribution in [2.24, 2.45) is 0 Å². The summed E-state index contributed by atoms with van der Waals surface area (Å²) in [6.07, 6.45) is 4.88. The molecule has 0 saturated heterocycles. The van der Waals surface area contributed by atoms with E-state index in [1.165, 1.54) is 12.1 Å². The normalized spacial score (nSPS) is 12.2. The molecule has 1 aromatic heterocycles. The largest absolute Gasteiger partial charge is 0.435 e. The summed E-state index contributed by atoms with van der Waals surface area (Å²) in [7, 11) is 0. The van der Waals surface area contributed by atoms with Crippen molar-refractivity contribution >= 4 is 5.91 Å². The molecular weight excluding hydrogens is 280 g/mol. The number of aromatic nitrogens is 2. The van der Waals surface area contributed by atoms with Gasteiger partial charge in [-0.05, 0) is 24.6 Å². The van der Waals surface area contributed by atoms with Crippen LogP contribution in [-0.2, 0) is 11.3 Å². The van der Waals surface area contributed by atoms with Gasteiger partial charge in [0, 0.05) is 18.9 Å². The van der Waals surface area contributed by atoms with Gasteiger partial charge >= 0.3 is 6.61 Å². The number of nitrogens with one attached hydrogen (secondary N) is 1. The molecule has 0 fully saturated rings. The molecule has 0 unspecified atom stereocenters. The Balaban J connectivity index is 1.86. The molecule has 0 spiro atoms. The first kappa shape index (κ1) is 15.0. The third kappa shape index (κ3) is 4.27. The second-order valence-corrected chi connectivity index (χ2v) is 4.43. The molecule has 0 saturated carbocycles. The fourth-order valence-corrected chi connectivity index (χ4v) is 1.76. The number of imidazole rings is 1. The lowest BCUT2D eigenvalue weighted by Gasteiger charge is -2.13. The van der Waals surface area contributed by atoms with Gasteiger partial charge < -0.3 is 14.6 Å². The van der Waals surface area contributed by atoms with Crippen LogP contribution in [0.3, 0.4) is 0 Å². The molecule has 1 N–H and O–H groups in total. The molecule has 0 aliphatic rings. The lowest BCUT2D eigenvalue weighted by Crippen LogP contribution is -2.30. The SMILES string of the molecule is C[C@H](C(=O)NCc1ccc(OC(F)F)cc1)n1ccnc1. The number of benzene rings is 1. The lowest BCUT2D eigenvalue weighted by atomic mass is 10.2. The maximum atomic E-state index is 12.0. The molecule has 2 aromatic rings. The maximum absolute atomic E-state index is 12.0. The van der Waals surface area contributed by atoms with Crippen LogP contribution in [0.2, 0.25) is 0 Å². The number of amides is 1. The van der Waals surface area contributed by atoms with Crippen LogP contribution in [-0.4, -0.2) is 22.1 Å². The fraction of sp³-hybridized carbons (Fsp3) is 0.286. The molecule has 1 amide bonds. The monoisotopic (exact) mass is 295 g/mol. The molecule has 2 rings (SSSR count). The van der Waals surface area contributed by atoms with Crippen LogP contribution < -0.4 is 10.1 Å². The Hall–Kier alpha value is -2.44. The molecule has 0 aliphatic heterocycles. The van der Waals surface area contributed by atoms with E-state index in [-0.39, 0.29) is 17.7 Å². The summed E-state index contributed by atoms with van der Waals surface area (Å²) >= 11 is 0. The Labute approximate surface area is 120 Å². The number of carbonyl (C=O) groups excluding carboxylic acids is 1. The van der Waals surface area contributed by atoms with Crippen molar-refractivity contribution in [1.82, 2.24) is 14.9 Å². The smallest absolute Gasteiger partial charge is 0.387 e. The van der Waals surface area contributed by atoms with Crippen molar-refractivity contribution in [2.45, 2.75) is 26.1 Å². The molecule has 0 aliphatic carbocycles. The predicted molar refractivity (Wildman–Crippen MR) is 71.9 cm³/mol. The van der Waals surface area contributed by atoms with E-state index in [1.54, 1.807) is 42.3 Å². The van der Waals surface area contributed by atoms with Crippen molar-refractivity contribution < 1.29 is 18.3 Å². The summed E-state index contributed by atoms with van der Waals surface area (Å²) < 4.78 is 30.0. The first-order valence-electron chi connectivity index (χ1n) is 6.35. The van der Waals surface area contributed by atoms with Gasteiger partial charge in [0.05, 0.1) is 6.33 Å². The summed E-state index contributed by atoms with van der Waals surface area (Å²) in [5.41, 5.74) is 0.794. The topological polar surface area (TPSA) is 56.1 Å². The summed E-state index contributed by atoms with van der Waals surface area (Å²) in [5, 5.41) is 2.77. The number of alkyl halides is 2. The highest BCUT2D eigenvalue weighted by Gasteiger charge is 2.13. The molecule has 0 bridgehead atoms. The van der Waals surface area contributed by atoms with E-state index in [9.17, 15) is 13.6 Å². The zero-order chi connectivity index (χ0) is 15.2. The van der Waals surface area contributed by atoms with Crippen molar-refractivity contribution in [3.63, 3.8) is 0 Å². The van der Waals surface area contributed by atoms with Gasteiger partial charge in [-0.1, -0.05) is 12.1 Å². The molecule has 1 atom stereocenters. The van der Waals surface area contributed by atoms with Crippen LogP contribution in [0.15, 0.2) is 43.0 Å². The molecule has 7 heteroatoms. The zero-order valence-electron chi connectivity index (χ0n) is 11.4. The average Bonchev–Trinajstić information content (AvgIpc) is 2.99. The van der Waals surface area contributed by atoms with Gasteiger partial charge in [-0.15, -0.1) is 0 Å². The van der Waals surface area contributed by atoms with Crippen LogP contribution in [0, 0.1) is 0 Å². The standard InChI is InChI=1S/C14H15F2N3O2/c1-10(19-7-6-17-9-19)13(20)18-8-11-2-4-12(5-3-11)21-14(15)16/h2-7,9-10,14H,8H2,1H3,(H,18,20)/t10-/m1/s1. The van der Waals surface area contributed by atoms with E-state index < -0.39 is 6.61 Å². The maximum Gasteiger partial charge on any atom is 0.387 e. The molecule has 112 valence electrons. The van der Waals surface area contributed by atoms with E-state index in [0.717, 1.165) is 5.56 Å². The van der Waals surface area contributed by atoms with Gasteiger partial charge in [-0.3, -0.25) is 4.79 Å². The number of rotatable bonds is 6. The zero-order valence-corrected chi connectivity index (χ0v) is 11.4. The van der Waals surface area contributed by atoms with Gasteiger partial charge in [0.25, 0.3) is 0 Å². The second-order valence-electron chi connectivity index (χ2n) is 4.43. The molecule has 0 radical (unpaired) electrons. The molecular formula is C14H15F2N3O2. The first-order chi connectivity index (χ1) is 10.1. The van der Waals surface area contributed by atoms with Crippen LogP contribution in [0.5, 0.6) is 5.75 Å². The Morgan fingerprint density at radius 2 is 2.10 bits per heavy atom. The van der Waals surface area contributed by atoms with Gasteiger partial charge in [0.1, 0.15) is 11.8 Å². The highest BCUT2D eigenvalue weighted by molar-refractivity contribution is 5.79.